The summed E-state index contributed by atoms with van der Waals surface area (Å²) in [6.45, 7) is 0. The molecule has 1 heterocycles. The van der Waals surface area contributed by atoms with Gasteiger partial charge in [-0.2, -0.15) is 0 Å². The standard InChI is InChI=1S/C4H6N2O8S/c7-5(8)13-3-1-15(11,12)2-4(3)14-6(9)10/h3-4H,1-2H2. The molecule has 0 bridgehead atoms. The first-order valence-electron chi connectivity index (χ1n) is 3.63. The summed E-state index contributed by atoms with van der Waals surface area (Å²) in [5, 5.41) is 17.5. The zero-order valence-corrected chi connectivity index (χ0v) is 7.95. The monoisotopic (exact) mass is 242 g/mol. The van der Waals surface area contributed by atoms with Crippen molar-refractivity contribution in [1.82, 2.24) is 0 Å². The maximum absolute atomic E-state index is 11.0. The van der Waals surface area contributed by atoms with Crippen LogP contribution in [0.4, 0.5) is 0 Å². The Balaban J connectivity index is 2.74. The van der Waals surface area contributed by atoms with Crippen LogP contribution in [0.25, 0.3) is 0 Å². The largest absolute Gasteiger partial charge is 0.307 e. The summed E-state index contributed by atoms with van der Waals surface area (Å²) in [4.78, 5) is 27.9. The van der Waals surface area contributed by atoms with Gasteiger partial charge in [0.05, 0.1) is 11.5 Å². The van der Waals surface area contributed by atoms with Gasteiger partial charge in [-0.15, -0.1) is 20.2 Å². The maximum Gasteiger partial charge on any atom is 0.294 e. The van der Waals surface area contributed by atoms with Crippen LogP contribution >= 0.6 is 0 Å². The van der Waals surface area contributed by atoms with Gasteiger partial charge in [-0.3, -0.25) is 0 Å². The van der Waals surface area contributed by atoms with Crippen LogP contribution in [-0.4, -0.2) is 42.3 Å². The summed E-state index contributed by atoms with van der Waals surface area (Å²) in [7, 11) is -3.59. The lowest BCUT2D eigenvalue weighted by Gasteiger charge is -2.12. The number of sulfone groups is 1. The minimum atomic E-state index is -3.59. The van der Waals surface area contributed by atoms with Gasteiger partial charge in [-0.1, -0.05) is 0 Å². The van der Waals surface area contributed by atoms with Crippen molar-refractivity contribution >= 4 is 9.84 Å². The van der Waals surface area contributed by atoms with Gasteiger partial charge in [-0.05, 0) is 0 Å². The van der Waals surface area contributed by atoms with Crippen LogP contribution in [0.15, 0.2) is 0 Å². The summed E-state index contributed by atoms with van der Waals surface area (Å²) in [5.41, 5.74) is 0. The summed E-state index contributed by atoms with van der Waals surface area (Å²) in [5.74, 6) is -1.32. The predicted octanol–water partition coefficient (Wildman–Crippen LogP) is -1.43. The van der Waals surface area contributed by atoms with Crippen LogP contribution in [0.1, 0.15) is 0 Å². The smallest absolute Gasteiger partial charge is 0.294 e. The zero-order valence-electron chi connectivity index (χ0n) is 7.14. The summed E-state index contributed by atoms with van der Waals surface area (Å²) in [6.07, 6.45) is -2.90. The fourth-order valence-electron chi connectivity index (χ4n) is 1.20. The Bertz CT molecular complexity index is 346. The summed E-state index contributed by atoms with van der Waals surface area (Å²) in [6, 6.07) is 0. The van der Waals surface area contributed by atoms with Crippen molar-refractivity contribution in [1.29, 1.82) is 0 Å². The lowest BCUT2D eigenvalue weighted by molar-refractivity contribution is -0.796. The number of hydrogen-bond donors (Lipinski definition) is 0. The predicted molar refractivity (Wildman–Crippen MR) is 42.4 cm³/mol. The highest BCUT2D eigenvalue weighted by Gasteiger charge is 2.42. The van der Waals surface area contributed by atoms with E-state index in [0.717, 1.165) is 0 Å². The van der Waals surface area contributed by atoms with Gasteiger partial charge in [0.2, 0.25) is 0 Å². The molecule has 0 spiro atoms. The Kier molecular flexibility index (Phi) is 2.93. The van der Waals surface area contributed by atoms with Crippen molar-refractivity contribution in [3.63, 3.8) is 0 Å². The van der Waals surface area contributed by atoms with E-state index in [1.807, 2.05) is 0 Å². The Morgan fingerprint density at radius 1 is 1.00 bits per heavy atom. The quantitative estimate of drug-likeness (QED) is 0.431. The molecule has 15 heavy (non-hydrogen) atoms. The zero-order chi connectivity index (χ0) is 11.6. The molecule has 1 saturated heterocycles. The normalized spacial score (nSPS) is 28.3. The minimum absolute atomic E-state index is 0.660. The van der Waals surface area contributed by atoms with E-state index in [1.165, 1.54) is 0 Å². The van der Waals surface area contributed by atoms with Crippen molar-refractivity contribution in [3.05, 3.63) is 20.2 Å². The van der Waals surface area contributed by atoms with Crippen LogP contribution in [0.5, 0.6) is 0 Å². The maximum atomic E-state index is 11.0. The van der Waals surface area contributed by atoms with E-state index in [4.69, 9.17) is 0 Å². The molecule has 0 aromatic rings. The lowest BCUT2D eigenvalue weighted by Crippen LogP contribution is -2.33. The fraction of sp³-hybridized carbons (Fsp3) is 1.00. The first kappa shape index (κ1) is 11.4. The lowest BCUT2D eigenvalue weighted by atomic mass is 10.3. The summed E-state index contributed by atoms with van der Waals surface area (Å²) >= 11 is 0. The topological polar surface area (TPSA) is 139 Å². The van der Waals surface area contributed by atoms with Crippen LogP contribution in [0.2, 0.25) is 0 Å². The molecule has 1 fully saturated rings. The molecule has 0 aliphatic carbocycles. The molecule has 1 rings (SSSR count). The molecule has 0 aromatic carbocycles. The summed E-state index contributed by atoms with van der Waals surface area (Å²) < 4.78 is 22.0. The number of hydrogen-bond acceptors (Lipinski definition) is 8. The molecule has 2 unspecified atom stereocenters. The van der Waals surface area contributed by atoms with Gasteiger partial charge in [0.15, 0.2) is 9.84 Å². The van der Waals surface area contributed by atoms with E-state index in [-0.39, 0.29) is 0 Å². The SMILES string of the molecule is O=[N+]([O-])OC1CS(=O)(=O)CC1O[N+](=O)[O-]. The van der Waals surface area contributed by atoms with Crippen molar-refractivity contribution in [2.24, 2.45) is 0 Å². The Labute approximate surface area is 82.9 Å². The van der Waals surface area contributed by atoms with E-state index in [0.29, 0.717) is 0 Å². The van der Waals surface area contributed by atoms with Crippen molar-refractivity contribution in [2.45, 2.75) is 12.2 Å². The minimum Gasteiger partial charge on any atom is -0.307 e. The second-order valence-electron chi connectivity index (χ2n) is 2.81. The van der Waals surface area contributed by atoms with Crippen molar-refractivity contribution in [2.75, 3.05) is 11.5 Å². The third kappa shape index (κ3) is 3.19. The average molecular weight is 242 g/mol. The second-order valence-corrected chi connectivity index (χ2v) is 4.97. The molecule has 0 radical (unpaired) electrons. The van der Waals surface area contributed by atoms with Crippen LogP contribution < -0.4 is 0 Å². The molecule has 2 atom stereocenters. The molecule has 1 aliphatic rings. The average Bonchev–Trinajstić information content (AvgIpc) is 2.22. The first-order chi connectivity index (χ1) is 6.80. The van der Waals surface area contributed by atoms with Crippen LogP contribution in [-0.2, 0) is 19.5 Å². The van der Waals surface area contributed by atoms with Gasteiger partial charge in [0.25, 0.3) is 10.2 Å². The van der Waals surface area contributed by atoms with E-state index in [1.54, 1.807) is 0 Å². The van der Waals surface area contributed by atoms with Crippen molar-refractivity contribution in [3.8, 4) is 0 Å². The Hall–Kier alpha value is -1.65. The molecule has 0 N–H and O–H groups in total. The molecule has 0 aromatic heterocycles. The van der Waals surface area contributed by atoms with Gasteiger partial charge in [-0.25, -0.2) is 8.42 Å². The first-order valence-corrected chi connectivity index (χ1v) is 5.45. The highest BCUT2D eigenvalue weighted by Crippen LogP contribution is 2.19. The highest BCUT2D eigenvalue weighted by molar-refractivity contribution is 7.91. The molecule has 86 valence electrons. The Morgan fingerprint density at radius 3 is 1.60 bits per heavy atom. The number of rotatable bonds is 4. The highest BCUT2D eigenvalue weighted by atomic mass is 32.2. The third-order valence-electron chi connectivity index (χ3n) is 1.69. The molecule has 0 amide bonds. The Morgan fingerprint density at radius 2 is 1.33 bits per heavy atom. The van der Waals surface area contributed by atoms with Crippen molar-refractivity contribution < 1.29 is 28.3 Å². The molecule has 0 saturated carbocycles. The third-order valence-corrected chi connectivity index (χ3v) is 3.37. The number of nitrogens with zero attached hydrogens (tertiary/aromatic N) is 2. The van der Waals surface area contributed by atoms with E-state index < -0.39 is 43.7 Å². The van der Waals surface area contributed by atoms with Crippen LogP contribution in [0, 0.1) is 20.2 Å². The van der Waals surface area contributed by atoms with Gasteiger partial charge in [0.1, 0.15) is 12.2 Å². The van der Waals surface area contributed by atoms with E-state index in [9.17, 15) is 28.6 Å². The van der Waals surface area contributed by atoms with E-state index >= 15 is 0 Å². The fourth-order valence-corrected chi connectivity index (χ4v) is 2.89. The van der Waals surface area contributed by atoms with Gasteiger partial charge in [0, 0.05) is 0 Å². The van der Waals surface area contributed by atoms with Crippen LogP contribution in [0.3, 0.4) is 0 Å². The molecule has 1 aliphatic heterocycles. The molecule has 10 nitrogen and oxygen atoms in total. The molecular weight excluding hydrogens is 236 g/mol. The van der Waals surface area contributed by atoms with Gasteiger partial charge < -0.3 is 9.68 Å². The van der Waals surface area contributed by atoms with Gasteiger partial charge >= 0.3 is 0 Å². The van der Waals surface area contributed by atoms with E-state index in [2.05, 4.69) is 9.68 Å². The molecule has 11 heteroatoms. The molecular formula is C4H6N2O8S. The second kappa shape index (κ2) is 3.84.